The summed E-state index contributed by atoms with van der Waals surface area (Å²) in [4.78, 5) is 27.5. The fourth-order valence-corrected chi connectivity index (χ4v) is 3.23. The summed E-state index contributed by atoms with van der Waals surface area (Å²) in [5, 5.41) is 2.79. The second-order valence-corrected chi connectivity index (χ2v) is 8.54. The van der Waals surface area contributed by atoms with Gasteiger partial charge in [-0.3, -0.25) is 4.98 Å². The van der Waals surface area contributed by atoms with Crippen molar-refractivity contribution < 1.29 is 18.3 Å². The standard InChI is InChI=1S/C20H25ClF2N6O2/c1-12(14-6-5-13(22)11-24-14)25-16-15(23)17(27-18(21)26-16)28-7-9-29(10-8-28)19(30)31-20(2,3)4/h5-6,11-12H,7-10H2,1-4H3,(H,25,26,27)/t12-/m0/s1. The fraction of sp³-hybridized carbons (Fsp3) is 0.500. The summed E-state index contributed by atoms with van der Waals surface area (Å²) >= 11 is 6.04. The maximum Gasteiger partial charge on any atom is 0.410 e. The van der Waals surface area contributed by atoms with Crippen LogP contribution in [0.25, 0.3) is 0 Å². The minimum Gasteiger partial charge on any atom is -0.444 e. The Bertz CT molecular complexity index is 931. The molecule has 3 rings (SSSR count). The molecule has 1 amide bonds. The molecule has 1 fully saturated rings. The van der Waals surface area contributed by atoms with E-state index in [-0.39, 0.29) is 16.9 Å². The van der Waals surface area contributed by atoms with Crippen LogP contribution < -0.4 is 10.2 Å². The van der Waals surface area contributed by atoms with Gasteiger partial charge in [0.05, 0.1) is 17.9 Å². The van der Waals surface area contributed by atoms with E-state index in [0.717, 1.165) is 6.20 Å². The average Bonchev–Trinajstić information content (AvgIpc) is 2.69. The Morgan fingerprint density at radius 3 is 2.45 bits per heavy atom. The number of nitrogens with one attached hydrogen (secondary N) is 1. The molecule has 0 aliphatic carbocycles. The smallest absolute Gasteiger partial charge is 0.410 e. The highest BCUT2D eigenvalue weighted by atomic mass is 35.5. The minimum absolute atomic E-state index is 0.0469. The Morgan fingerprint density at radius 1 is 1.19 bits per heavy atom. The Hall–Kier alpha value is -2.75. The zero-order valence-electron chi connectivity index (χ0n) is 17.8. The number of ether oxygens (including phenoxy) is 1. The van der Waals surface area contributed by atoms with Gasteiger partial charge in [-0.15, -0.1) is 0 Å². The van der Waals surface area contributed by atoms with Crippen LogP contribution in [0.2, 0.25) is 5.28 Å². The third-order valence-corrected chi connectivity index (χ3v) is 4.75. The van der Waals surface area contributed by atoms with Crippen molar-refractivity contribution in [2.24, 2.45) is 0 Å². The number of rotatable bonds is 4. The first kappa shape index (κ1) is 22.9. The van der Waals surface area contributed by atoms with Gasteiger partial charge >= 0.3 is 6.09 Å². The number of anilines is 2. The highest BCUT2D eigenvalue weighted by molar-refractivity contribution is 6.28. The highest BCUT2D eigenvalue weighted by Crippen LogP contribution is 2.28. The van der Waals surface area contributed by atoms with E-state index in [9.17, 15) is 9.18 Å². The van der Waals surface area contributed by atoms with Gasteiger partial charge in [0.2, 0.25) is 11.1 Å². The number of hydrogen-bond donors (Lipinski definition) is 1. The molecule has 0 unspecified atom stereocenters. The van der Waals surface area contributed by atoms with Crippen molar-refractivity contribution in [3.63, 3.8) is 0 Å². The lowest BCUT2D eigenvalue weighted by Gasteiger charge is -2.36. The van der Waals surface area contributed by atoms with E-state index in [1.807, 2.05) is 0 Å². The van der Waals surface area contributed by atoms with E-state index in [2.05, 4.69) is 20.3 Å². The number of halogens is 3. The summed E-state index contributed by atoms with van der Waals surface area (Å²) in [6, 6.07) is 2.34. The van der Waals surface area contributed by atoms with Crippen LogP contribution in [0.15, 0.2) is 18.3 Å². The van der Waals surface area contributed by atoms with E-state index in [4.69, 9.17) is 16.3 Å². The molecule has 168 valence electrons. The molecule has 1 aliphatic rings. The van der Waals surface area contributed by atoms with Crippen LogP contribution in [0.1, 0.15) is 39.4 Å². The normalized spacial score (nSPS) is 15.6. The van der Waals surface area contributed by atoms with Gasteiger partial charge in [-0.25, -0.2) is 9.18 Å². The van der Waals surface area contributed by atoms with E-state index < -0.39 is 29.4 Å². The van der Waals surface area contributed by atoms with Crippen molar-refractivity contribution in [3.8, 4) is 0 Å². The Labute approximate surface area is 184 Å². The number of nitrogens with zero attached hydrogens (tertiary/aromatic N) is 5. The minimum atomic E-state index is -0.663. The molecule has 0 aromatic carbocycles. The first-order chi connectivity index (χ1) is 14.5. The summed E-state index contributed by atoms with van der Waals surface area (Å²) in [6.45, 7) is 8.58. The Kier molecular flexibility index (Phi) is 6.78. The monoisotopic (exact) mass is 454 g/mol. The van der Waals surface area contributed by atoms with E-state index in [1.165, 1.54) is 12.1 Å². The summed E-state index contributed by atoms with van der Waals surface area (Å²) in [5.74, 6) is -1.15. The summed E-state index contributed by atoms with van der Waals surface area (Å²) in [7, 11) is 0. The van der Waals surface area contributed by atoms with Crippen LogP contribution in [0.4, 0.5) is 25.2 Å². The second-order valence-electron chi connectivity index (χ2n) is 8.20. The fourth-order valence-electron chi connectivity index (χ4n) is 3.06. The largest absolute Gasteiger partial charge is 0.444 e. The molecule has 1 N–H and O–H groups in total. The van der Waals surface area contributed by atoms with Crippen molar-refractivity contribution in [1.82, 2.24) is 19.9 Å². The number of aromatic nitrogens is 3. The maximum atomic E-state index is 15.2. The second kappa shape index (κ2) is 9.17. The molecule has 31 heavy (non-hydrogen) atoms. The van der Waals surface area contributed by atoms with Crippen LogP contribution in [-0.2, 0) is 4.74 Å². The lowest BCUT2D eigenvalue weighted by molar-refractivity contribution is 0.0240. The van der Waals surface area contributed by atoms with Gasteiger partial charge < -0.3 is 19.9 Å². The van der Waals surface area contributed by atoms with Gasteiger partial charge in [-0.2, -0.15) is 14.4 Å². The van der Waals surface area contributed by atoms with Crippen molar-refractivity contribution in [2.75, 3.05) is 36.4 Å². The predicted molar refractivity (Wildman–Crippen MR) is 113 cm³/mol. The predicted octanol–water partition coefficient (Wildman–Crippen LogP) is 4.03. The molecule has 0 radical (unpaired) electrons. The lowest BCUT2D eigenvalue weighted by Crippen LogP contribution is -2.50. The van der Waals surface area contributed by atoms with E-state index in [1.54, 1.807) is 37.5 Å². The number of pyridine rings is 1. The van der Waals surface area contributed by atoms with Gasteiger partial charge in [0, 0.05) is 26.2 Å². The molecule has 0 spiro atoms. The summed E-state index contributed by atoms with van der Waals surface area (Å²) in [6.07, 6.45) is 0.684. The van der Waals surface area contributed by atoms with Crippen molar-refractivity contribution >= 4 is 29.3 Å². The van der Waals surface area contributed by atoms with Crippen molar-refractivity contribution in [3.05, 3.63) is 40.9 Å². The topological polar surface area (TPSA) is 83.5 Å². The zero-order chi connectivity index (χ0) is 22.8. The molecule has 2 aromatic heterocycles. The molecule has 1 saturated heterocycles. The first-order valence-electron chi connectivity index (χ1n) is 9.87. The highest BCUT2D eigenvalue weighted by Gasteiger charge is 2.29. The average molecular weight is 455 g/mol. The number of carbonyl (C=O) groups is 1. The van der Waals surface area contributed by atoms with Crippen LogP contribution >= 0.6 is 11.6 Å². The van der Waals surface area contributed by atoms with E-state index >= 15 is 4.39 Å². The third kappa shape index (κ3) is 5.90. The van der Waals surface area contributed by atoms with Gasteiger partial charge in [0.15, 0.2) is 11.6 Å². The number of hydrogen-bond acceptors (Lipinski definition) is 7. The third-order valence-electron chi connectivity index (χ3n) is 4.58. The molecular weight excluding hydrogens is 430 g/mol. The zero-order valence-corrected chi connectivity index (χ0v) is 18.6. The van der Waals surface area contributed by atoms with Crippen molar-refractivity contribution in [1.29, 1.82) is 0 Å². The summed E-state index contributed by atoms with van der Waals surface area (Å²) in [5.41, 5.74) is -0.0694. The maximum absolute atomic E-state index is 15.2. The SMILES string of the molecule is C[C@H](Nc1nc(Cl)nc(N2CCN(C(=O)OC(C)(C)C)CC2)c1F)c1ccc(F)cn1. The molecule has 8 nitrogen and oxygen atoms in total. The molecule has 1 atom stereocenters. The molecular formula is C20H25ClF2N6O2. The quantitative estimate of drug-likeness (QED) is 0.698. The van der Waals surface area contributed by atoms with Crippen LogP contribution in [0, 0.1) is 11.6 Å². The summed E-state index contributed by atoms with van der Waals surface area (Å²) < 4.78 is 33.7. The van der Waals surface area contributed by atoms with Crippen LogP contribution in [0.3, 0.4) is 0 Å². The number of piperazine rings is 1. The van der Waals surface area contributed by atoms with Crippen molar-refractivity contribution in [2.45, 2.75) is 39.3 Å². The van der Waals surface area contributed by atoms with Gasteiger partial charge in [0.25, 0.3) is 0 Å². The van der Waals surface area contributed by atoms with Gasteiger partial charge in [-0.1, -0.05) is 0 Å². The molecule has 11 heteroatoms. The molecule has 0 saturated carbocycles. The molecule has 1 aliphatic heterocycles. The van der Waals surface area contributed by atoms with E-state index in [0.29, 0.717) is 31.9 Å². The van der Waals surface area contributed by atoms with Crippen LogP contribution in [-0.4, -0.2) is 57.7 Å². The molecule has 0 bridgehead atoms. The molecule has 2 aromatic rings. The number of carbonyl (C=O) groups excluding carboxylic acids is 1. The molecule has 3 heterocycles. The Morgan fingerprint density at radius 2 is 1.87 bits per heavy atom. The number of amides is 1. The lowest BCUT2D eigenvalue weighted by atomic mass is 10.2. The first-order valence-corrected chi connectivity index (χ1v) is 10.2. The van der Waals surface area contributed by atoms with Crippen LogP contribution in [0.5, 0.6) is 0 Å². The van der Waals surface area contributed by atoms with Gasteiger partial charge in [0.1, 0.15) is 11.4 Å². The van der Waals surface area contributed by atoms with Gasteiger partial charge in [-0.05, 0) is 51.4 Å². The Balaban J connectivity index is 1.71.